The normalized spacial score (nSPS) is 14.4. The summed E-state index contributed by atoms with van der Waals surface area (Å²) in [6.45, 7) is 8.92. The molecule has 0 heterocycles. The molecule has 1 nitrogen and oxygen atoms in total. The number of rotatable bonds is 8. The number of thioether (sulfide) groups is 1. The summed E-state index contributed by atoms with van der Waals surface area (Å²) in [5, 5.41) is 3.75. The van der Waals surface area contributed by atoms with E-state index in [4.69, 9.17) is 0 Å². The van der Waals surface area contributed by atoms with Gasteiger partial charge in [0.15, 0.2) is 0 Å². The van der Waals surface area contributed by atoms with E-state index in [0.29, 0.717) is 12.1 Å². The van der Waals surface area contributed by atoms with Gasteiger partial charge in [-0.1, -0.05) is 43.7 Å². The lowest BCUT2D eigenvalue weighted by Gasteiger charge is -2.23. The average molecular weight is 265 g/mol. The van der Waals surface area contributed by atoms with E-state index in [-0.39, 0.29) is 0 Å². The van der Waals surface area contributed by atoms with Gasteiger partial charge in [-0.3, -0.25) is 0 Å². The molecule has 18 heavy (non-hydrogen) atoms. The fraction of sp³-hybridized carbons (Fsp3) is 0.625. The van der Waals surface area contributed by atoms with Crippen LogP contribution in [0.1, 0.15) is 50.8 Å². The van der Waals surface area contributed by atoms with E-state index in [1.807, 2.05) is 11.8 Å². The Hall–Kier alpha value is -0.470. The molecule has 0 bridgehead atoms. The van der Waals surface area contributed by atoms with Crippen LogP contribution in [0.25, 0.3) is 0 Å². The lowest BCUT2D eigenvalue weighted by molar-refractivity contribution is 0.439. The lowest BCUT2D eigenvalue weighted by atomic mass is 10.0. The minimum Gasteiger partial charge on any atom is -0.307 e. The zero-order valence-corrected chi connectivity index (χ0v) is 13.0. The molecule has 0 aliphatic heterocycles. The first-order chi connectivity index (χ1) is 8.67. The van der Waals surface area contributed by atoms with Gasteiger partial charge in [0.2, 0.25) is 0 Å². The van der Waals surface area contributed by atoms with Crippen molar-refractivity contribution in [3.8, 4) is 0 Å². The second-order valence-electron chi connectivity index (χ2n) is 4.92. The van der Waals surface area contributed by atoms with E-state index in [2.05, 4.69) is 57.3 Å². The zero-order chi connectivity index (χ0) is 13.4. The molecule has 0 amide bonds. The highest BCUT2D eigenvalue weighted by molar-refractivity contribution is 7.99. The first kappa shape index (κ1) is 15.6. The van der Waals surface area contributed by atoms with Gasteiger partial charge in [-0.05, 0) is 43.8 Å². The summed E-state index contributed by atoms with van der Waals surface area (Å²) < 4.78 is 0. The van der Waals surface area contributed by atoms with Crippen LogP contribution >= 0.6 is 11.8 Å². The van der Waals surface area contributed by atoms with Crippen LogP contribution in [0.5, 0.6) is 0 Å². The monoisotopic (exact) mass is 265 g/mol. The number of benzene rings is 1. The maximum absolute atomic E-state index is 3.75. The fourth-order valence-corrected chi connectivity index (χ4v) is 2.89. The van der Waals surface area contributed by atoms with Gasteiger partial charge in [0.1, 0.15) is 0 Å². The summed E-state index contributed by atoms with van der Waals surface area (Å²) in [6, 6.07) is 10.0. The van der Waals surface area contributed by atoms with Crippen molar-refractivity contribution in [2.24, 2.45) is 0 Å². The van der Waals surface area contributed by atoms with Gasteiger partial charge in [-0.15, -0.1) is 0 Å². The molecule has 0 radical (unpaired) electrons. The van der Waals surface area contributed by atoms with E-state index in [9.17, 15) is 0 Å². The molecule has 1 N–H and O–H groups in total. The van der Waals surface area contributed by atoms with Crippen molar-refractivity contribution >= 4 is 11.8 Å². The van der Waals surface area contributed by atoms with Gasteiger partial charge in [0.25, 0.3) is 0 Å². The molecule has 0 saturated carbocycles. The Balaban J connectivity index is 2.48. The topological polar surface area (TPSA) is 12.0 Å². The summed E-state index contributed by atoms with van der Waals surface area (Å²) in [7, 11) is 0. The standard InChI is InChI=1S/C16H27NS/c1-5-16(15-9-7-13(3)8-10-15)17-14(4)11-12-18-6-2/h7-10,14,16-17H,5-6,11-12H2,1-4H3. The maximum atomic E-state index is 3.75. The number of aryl methyl sites for hydroxylation is 1. The van der Waals surface area contributed by atoms with E-state index in [1.54, 1.807) is 0 Å². The summed E-state index contributed by atoms with van der Waals surface area (Å²) in [6.07, 6.45) is 2.40. The van der Waals surface area contributed by atoms with E-state index < -0.39 is 0 Å². The molecule has 0 aromatic heterocycles. The summed E-state index contributed by atoms with van der Waals surface area (Å²) in [4.78, 5) is 0. The second kappa shape index (κ2) is 8.60. The minimum atomic E-state index is 0.493. The second-order valence-corrected chi connectivity index (χ2v) is 6.32. The molecule has 102 valence electrons. The van der Waals surface area contributed by atoms with Crippen molar-refractivity contribution < 1.29 is 0 Å². The predicted octanol–water partition coefficient (Wildman–Crippen LogP) is 4.57. The van der Waals surface area contributed by atoms with Crippen molar-refractivity contribution in [3.05, 3.63) is 35.4 Å². The van der Waals surface area contributed by atoms with Crippen molar-refractivity contribution in [2.45, 2.75) is 52.6 Å². The molecule has 0 aliphatic rings. The maximum Gasteiger partial charge on any atom is 0.0319 e. The van der Waals surface area contributed by atoms with Crippen molar-refractivity contribution in [1.29, 1.82) is 0 Å². The number of hydrogen-bond donors (Lipinski definition) is 1. The predicted molar refractivity (Wildman–Crippen MR) is 84.4 cm³/mol. The smallest absolute Gasteiger partial charge is 0.0319 e. The minimum absolute atomic E-state index is 0.493. The van der Waals surface area contributed by atoms with Gasteiger partial charge >= 0.3 is 0 Å². The van der Waals surface area contributed by atoms with Crippen LogP contribution in [-0.2, 0) is 0 Å². The number of hydrogen-bond acceptors (Lipinski definition) is 2. The zero-order valence-electron chi connectivity index (χ0n) is 12.2. The van der Waals surface area contributed by atoms with Gasteiger partial charge in [0.05, 0.1) is 0 Å². The Labute approximate surface area is 117 Å². The largest absolute Gasteiger partial charge is 0.307 e. The highest BCUT2D eigenvalue weighted by Crippen LogP contribution is 2.18. The van der Waals surface area contributed by atoms with Crippen LogP contribution < -0.4 is 5.32 Å². The van der Waals surface area contributed by atoms with E-state index >= 15 is 0 Å². The summed E-state index contributed by atoms with van der Waals surface area (Å²) >= 11 is 2.03. The van der Waals surface area contributed by atoms with Crippen LogP contribution in [0, 0.1) is 6.92 Å². The van der Waals surface area contributed by atoms with Crippen LogP contribution in [0.3, 0.4) is 0 Å². The molecule has 2 atom stereocenters. The van der Waals surface area contributed by atoms with E-state index in [0.717, 1.165) is 6.42 Å². The van der Waals surface area contributed by atoms with Gasteiger partial charge < -0.3 is 5.32 Å². The molecule has 1 aromatic carbocycles. The van der Waals surface area contributed by atoms with Crippen LogP contribution in [0.2, 0.25) is 0 Å². The number of nitrogens with one attached hydrogen (secondary N) is 1. The third-order valence-electron chi connectivity index (χ3n) is 3.27. The third kappa shape index (κ3) is 5.45. The van der Waals surface area contributed by atoms with Crippen LogP contribution in [0.4, 0.5) is 0 Å². The molecule has 0 spiro atoms. The molecular weight excluding hydrogens is 238 g/mol. The summed E-state index contributed by atoms with van der Waals surface area (Å²) in [5.74, 6) is 2.48. The first-order valence-corrected chi connectivity index (χ1v) is 8.23. The summed E-state index contributed by atoms with van der Waals surface area (Å²) in [5.41, 5.74) is 2.75. The molecular formula is C16H27NS. The quantitative estimate of drug-likeness (QED) is 0.691. The Morgan fingerprint density at radius 2 is 1.83 bits per heavy atom. The Morgan fingerprint density at radius 1 is 1.17 bits per heavy atom. The Kier molecular flexibility index (Phi) is 7.45. The van der Waals surface area contributed by atoms with Crippen LogP contribution in [0.15, 0.2) is 24.3 Å². The van der Waals surface area contributed by atoms with Gasteiger partial charge in [0, 0.05) is 12.1 Å². The Morgan fingerprint density at radius 3 is 2.39 bits per heavy atom. The third-order valence-corrected chi connectivity index (χ3v) is 4.21. The fourth-order valence-electron chi connectivity index (χ4n) is 2.08. The Bertz CT molecular complexity index is 320. The highest BCUT2D eigenvalue weighted by atomic mass is 32.2. The molecule has 1 aromatic rings. The molecule has 0 saturated heterocycles. The van der Waals surface area contributed by atoms with Gasteiger partial charge in [-0.25, -0.2) is 0 Å². The first-order valence-electron chi connectivity index (χ1n) is 7.07. The highest BCUT2D eigenvalue weighted by Gasteiger charge is 2.11. The lowest BCUT2D eigenvalue weighted by Crippen LogP contribution is -2.30. The van der Waals surface area contributed by atoms with E-state index in [1.165, 1.54) is 29.1 Å². The molecule has 0 fully saturated rings. The van der Waals surface area contributed by atoms with Crippen molar-refractivity contribution in [3.63, 3.8) is 0 Å². The van der Waals surface area contributed by atoms with Gasteiger partial charge in [-0.2, -0.15) is 11.8 Å². The van der Waals surface area contributed by atoms with Crippen LogP contribution in [-0.4, -0.2) is 17.5 Å². The average Bonchev–Trinajstić information content (AvgIpc) is 2.37. The molecule has 0 aliphatic carbocycles. The SMILES string of the molecule is CCSCCC(C)NC(CC)c1ccc(C)cc1. The molecule has 1 rings (SSSR count). The van der Waals surface area contributed by atoms with Crippen molar-refractivity contribution in [2.75, 3.05) is 11.5 Å². The molecule has 2 heteroatoms. The molecule has 2 unspecified atom stereocenters. The van der Waals surface area contributed by atoms with Crippen molar-refractivity contribution in [1.82, 2.24) is 5.32 Å².